The highest BCUT2D eigenvalue weighted by Gasteiger charge is 1.97. The number of hydrogen-bond donors (Lipinski definition) is 0. The maximum Gasteiger partial charge on any atom is 0.155 e. The van der Waals surface area contributed by atoms with Crippen molar-refractivity contribution in [3.63, 3.8) is 0 Å². The van der Waals surface area contributed by atoms with Crippen LogP contribution in [0.4, 0.5) is 0 Å². The quantitative estimate of drug-likeness (QED) is 0.666. The van der Waals surface area contributed by atoms with Gasteiger partial charge >= 0.3 is 0 Å². The number of aromatic nitrogens is 3. The van der Waals surface area contributed by atoms with E-state index in [2.05, 4.69) is 25.9 Å². The molecule has 0 aromatic carbocycles. The van der Waals surface area contributed by atoms with Gasteiger partial charge in [0.25, 0.3) is 0 Å². The van der Waals surface area contributed by atoms with Crippen LogP contribution in [0.25, 0.3) is 5.65 Å². The summed E-state index contributed by atoms with van der Waals surface area (Å²) in [4.78, 5) is 8.19. The van der Waals surface area contributed by atoms with Crippen molar-refractivity contribution in [2.45, 2.75) is 6.92 Å². The molecule has 0 spiro atoms. The fourth-order valence-electron chi connectivity index (χ4n) is 0.987. The SMILES string of the molecule is Cc1cnc2cnc(Br)cn12. The summed E-state index contributed by atoms with van der Waals surface area (Å²) in [7, 11) is 0. The highest BCUT2D eigenvalue weighted by Crippen LogP contribution is 2.09. The zero-order chi connectivity index (χ0) is 7.84. The van der Waals surface area contributed by atoms with Crippen LogP contribution in [0, 0.1) is 6.92 Å². The fourth-order valence-corrected chi connectivity index (χ4v) is 1.29. The van der Waals surface area contributed by atoms with Gasteiger partial charge in [-0.1, -0.05) is 0 Å². The van der Waals surface area contributed by atoms with Crippen molar-refractivity contribution in [2.24, 2.45) is 0 Å². The number of halogens is 1. The molecule has 2 aromatic heterocycles. The van der Waals surface area contributed by atoms with Crippen molar-refractivity contribution >= 4 is 21.6 Å². The fraction of sp³-hybridized carbons (Fsp3) is 0.143. The molecule has 0 aliphatic carbocycles. The summed E-state index contributed by atoms with van der Waals surface area (Å²) >= 11 is 3.29. The van der Waals surface area contributed by atoms with E-state index in [1.165, 1.54) is 0 Å². The molecular formula is C7H6BrN3. The molecule has 0 unspecified atom stereocenters. The van der Waals surface area contributed by atoms with Crippen LogP contribution in [0.2, 0.25) is 0 Å². The molecule has 11 heavy (non-hydrogen) atoms. The van der Waals surface area contributed by atoms with E-state index in [4.69, 9.17) is 0 Å². The molecule has 2 aromatic rings. The van der Waals surface area contributed by atoms with E-state index in [0.29, 0.717) is 0 Å². The average molecular weight is 212 g/mol. The second-order valence-corrected chi connectivity index (χ2v) is 3.15. The zero-order valence-electron chi connectivity index (χ0n) is 5.95. The van der Waals surface area contributed by atoms with Gasteiger partial charge in [-0.05, 0) is 22.9 Å². The predicted octanol–water partition coefficient (Wildman–Crippen LogP) is 1.80. The summed E-state index contributed by atoms with van der Waals surface area (Å²) in [5, 5.41) is 0. The summed E-state index contributed by atoms with van der Waals surface area (Å²) in [6, 6.07) is 0. The molecule has 0 saturated heterocycles. The first-order valence-corrected chi connectivity index (χ1v) is 4.02. The average Bonchev–Trinajstić information content (AvgIpc) is 2.33. The largest absolute Gasteiger partial charge is 0.300 e. The van der Waals surface area contributed by atoms with Gasteiger partial charge in [-0.2, -0.15) is 0 Å². The van der Waals surface area contributed by atoms with Gasteiger partial charge in [-0.15, -0.1) is 0 Å². The normalized spacial score (nSPS) is 10.7. The third-order valence-electron chi connectivity index (χ3n) is 1.55. The Kier molecular flexibility index (Phi) is 1.42. The summed E-state index contributed by atoms with van der Waals surface area (Å²) in [6.45, 7) is 2.01. The molecule has 4 heteroatoms. The van der Waals surface area contributed by atoms with Crippen molar-refractivity contribution in [1.82, 2.24) is 14.4 Å². The second kappa shape index (κ2) is 2.30. The minimum absolute atomic E-state index is 0.825. The molecule has 3 nitrogen and oxygen atoms in total. The Labute approximate surface area is 72.2 Å². The van der Waals surface area contributed by atoms with Gasteiger partial charge in [0.1, 0.15) is 4.60 Å². The third-order valence-corrected chi connectivity index (χ3v) is 1.96. The predicted molar refractivity (Wildman–Crippen MR) is 45.4 cm³/mol. The van der Waals surface area contributed by atoms with E-state index in [1.54, 1.807) is 6.20 Å². The van der Waals surface area contributed by atoms with Gasteiger partial charge in [0.2, 0.25) is 0 Å². The number of hydrogen-bond acceptors (Lipinski definition) is 2. The number of fused-ring (bicyclic) bond motifs is 1. The summed E-state index contributed by atoms with van der Waals surface area (Å²) in [5.41, 5.74) is 1.99. The summed E-state index contributed by atoms with van der Waals surface area (Å²) in [6.07, 6.45) is 5.46. The van der Waals surface area contributed by atoms with Crippen LogP contribution in [0.5, 0.6) is 0 Å². The lowest BCUT2D eigenvalue weighted by Gasteiger charge is -1.94. The summed E-state index contributed by atoms with van der Waals surface area (Å²) < 4.78 is 2.81. The topological polar surface area (TPSA) is 30.2 Å². The van der Waals surface area contributed by atoms with Gasteiger partial charge in [0, 0.05) is 18.1 Å². The van der Waals surface area contributed by atoms with E-state index >= 15 is 0 Å². The lowest BCUT2D eigenvalue weighted by molar-refractivity contribution is 1.06. The standard InChI is InChI=1S/C7H6BrN3/c1-5-2-10-7-3-9-6(8)4-11(5)7/h2-4H,1H3. The van der Waals surface area contributed by atoms with Crippen molar-refractivity contribution in [3.8, 4) is 0 Å². The van der Waals surface area contributed by atoms with Gasteiger partial charge < -0.3 is 4.40 Å². The highest BCUT2D eigenvalue weighted by molar-refractivity contribution is 9.10. The maximum absolute atomic E-state index is 4.14. The molecule has 0 aliphatic heterocycles. The molecule has 0 amide bonds. The Morgan fingerprint density at radius 1 is 1.36 bits per heavy atom. The number of rotatable bonds is 0. The molecule has 2 rings (SSSR count). The second-order valence-electron chi connectivity index (χ2n) is 2.34. The first-order chi connectivity index (χ1) is 5.27. The highest BCUT2D eigenvalue weighted by atomic mass is 79.9. The molecule has 0 bridgehead atoms. The molecule has 0 N–H and O–H groups in total. The molecule has 0 saturated carbocycles. The van der Waals surface area contributed by atoms with Crippen LogP contribution >= 0.6 is 15.9 Å². The minimum Gasteiger partial charge on any atom is -0.300 e. The molecule has 2 heterocycles. The van der Waals surface area contributed by atoms with E-state index in [-0.39, 0.29) is 0 Å². The first kappa shape index (κ1) is 6.79. The van der Waals surface area contributed by atoms with E-state index in [0.717, 1.165) is 15.9 Å². The van der Waals surface area contributed by atoms with Crippen LogP contribution in [0.1, 0.15) is 5.69 Å². The van der Waals surface area contributed by atoms with Crippen LogP contribution in [-0.4, -0.2) is 14.4 Å². The third kappa shape index (κ3) is 1.03. The molecule has 0 radical (unpaired) electrons. The zero-order valence-corrected chi connectivity index (χ0v) is 7.54. The Bertz CT molecular complexity index is 393. The van der Waals surface area contributed by atoms with Crippen LogP contribution < -0.4 is 0 Å². The number of imidazole rings is 1. The van der Waals surface area contributed by atoms with E-state index in [1.807, 2.05) is 23.7 Å². The van der Waals surface area contributed by atoms with Crippen LogP contribution in [-0.2, 0) is 0 Å². The number of aryl methyl sites for hydroxylation is 1. The Hall–Kier alpha value is -0.900. The van der Waals surface area contributed by atoms with Gasteiger partial charge in [0.05, 0.1) is 6.20 Å². The van der Waals surface area contributed by atoms with E-state index in [9.17, 15) is 0 Å². The Balaban J connectivity index is 2.87. The lowest BCUT2D eigenvalue weighted by atomic mass is 10.5. The van der Waals surface area contributed by atoms with Gasteiger partial charge in [0.15, 0.2) is 5.65 Å². The smallest absolute Gasteiger partial charge is 0.155 e. The monoisotopic (exact) mass is 211 g/mol. The van der Waals surface area contributed by atoms with Crippen LogP contribution in [0.15, 0.2) is 23.2 Å². The molecule has 0 fully saturated rings. The van der Waals surface area contributed by atoms with Gasteiger partial charge in [-0.3, -0.25) is 0 Å². The molecular weight excluding hydrogens is 206 g/mol. The van der Waals surface area contributed by atoms with Crippen LogP contribution in [0.3, 0.4) is 0 Å². The van der Waals surface area contributed by atoms with Crippen molar-refractivity contribution in [1.29, 1.82) is 0 Å². The number of nitrogens with zero attached hydrogens (tertiary/aromatic N) is 3. The summed E-state index contributed by atoms with van der Waals surface area (Å²) in [5.74, 6) is 0. The first-order valence-electron chi connectivity index (χ1n) is 3.22. The maximum atomic E-state index is 4.14. The molecule has 0 atom stereocenters. The van der Waals surface area contributed by atoms with Crippen molar-refractivity contribution in [2.75, 3.05) is 0 Å². The Morgan fingerprint density at radius 2 is 2.18 bits per heavy atom. The molecule has 0 aliphatic rings. The van der Waals surface area contributed by atoms with E-state index < -0.39 is 0 Å². The minimum atomic E-state index is 0.825. The molecule has 56 valence electrons. The van der Waals surface area contributed by atoms with Crippen molar-refractivity contribution in [3.05, 3.63) is 28.9 Å². The van der Waals surface area contributed by atoms with Gasteiger partial charge in [-0.25, -0.2) is 9.97 Å². The lowest BCUT2D eigenvalue weighted by Crippen LogP contribution is -1.88. The van der Waals surface area contributed by atoms with Crippen molar-refractivity contribution < 1.29 is 0 Å². The Morgan fingerprint density at radius 3 is 3.00 bits per heavy atom.